The molecule has 2 aromatic heterocycles. The molecule has 0 spiro atoms. The highest BCUT2D eigenvalue weighted by atomic mass is 16.3. The fourth-order valence-corrected chi connectivity index (χ4v) is 3.46. The predicted molar refractivity (Wildman–Crippen MR) is 118 cm³/mol. The van der Waals surface area contributed by atoms with Gasteiger partial charge in [-0.25, -0.2) is 4.99 Å². The van der Waals surface area contributed by atoms with Crippen LogP contribution in [0.5, 0.6) is 0 Å². The molecule has 30 heavy (non-hydrogen) atoms. The van der Waals surface area contributed by atoms with Crippen molar-refractivity contribution in [2.24, 2.45) is 4.99 Å². The van der Waals surface area contributed by atoms with Gasteiger partial charge in [0.15, 0.2) is 5.96 Å². The van der Waals surface area contributed by atoms with Crippen LogP contribution in [-0.4, -0.2) is 33.9 Å². The molecule has 3 rings (SSSR count). The summed E-state index contributed by atoms with van der Waals surface area (Å²) in [5.41, 5.74) is 2.03. The van der Waals surface area contributed by atoms with E-state index >= 15 is 0 Å². The number of aryl methyl sites for hydroxylation is 2. The summed E-state index contributed by atoms with van der Waals surface area (Å²) >= 11 is 0. The molecule has 160 valence electrons. The molecule has 0 aliphatic rings. The molecule has 0 aliphatic heterocycles. The normalized spacial score (nSPS) is 13.8. The minimum atomic E-state index is -1.07. The summed E-state index contributed by atoms with van der Waals surface area (Å²) in [6, 6.07) is 12.0. The second-order valence-electron chi connectivity index (χ2n) is 7.62. The number of benzene rings is 1. The molecule has 0 amide bonds. The van der Waals surface area contributed by atoms with E-state index in [4.69, 9.17) is 9.41 Å². The standard InChI is InChI=1S/C23H31N5O2/c1-5-24-22(26-16-23(4,29)21-13-17(2)30-18(21)3)25-14-19-9-6-7-10-20(19)15-28-12-8-11-27-28/h6-13,29H,5,14-16H2,1-4H3,(H2,24,25,26). The number of aliphatic imine (C=N–C) groups is 1. The molecule has 7 nitrogen and oxygen atoms in total. The first-order valence-electron chi connectivity index (χ1n) is 10.3. The molecule has 1 unspecified atom stereocenters. The molecular formula is C23H31N5O2. The van der Waals surface area contributed by atoms with Crippen molar-refractivity contribution >= 4 is 5.96 Å². The maximum Gasteiger partial charge on any atom is 0.191 e. The topological polar surface area (TPSA) is 87.6 Å². The largest absolute Gasteiger partial charge is 0.466 e. The smallest absolute Gasteiger partial charge is 0.191 e. The number of guanidine groups is 1. The van der Waals surface area contributed by atoms with Gasteiger partial charge in [0.25, 0.3) is 0 Å². The SMILES string of the molecule is CCNC(=NCc1ccccc1Cn1cccn1)NCC(C)(O)c1cc(C)oc1C. The molecule has 3 N–H and O–H groups in total. The van der Waals surface area contributed by atoms with Crippen LogP contribution in [0.15, 0.2) is 58.2 Å². The van der Waals surface area contributed by atoms with E-state index in [1.807, 2.05) is 55.9 Å². The Bertz CT molecular complexity index is 973. The van der Waals surface area contributed by atoms with E-state index in [0.717, 1.165) is 29.2 Å². The first-order valence-corrected chi connectivity index (χ1v) is 10.3. The molecule has 7 heteroatoms. The van der Waals surface area contributed by atoms with Gasteiger partial charge in [0, 0.05) is 24.5 Å². The first kappa shape index (κ1) is 21.6. The maximum absolute atomic E-state index is 11.0. The molecule has 0 radical (unpaired) electrons. The van der Waals surface area contributed by atoms with E-state index in [1.165, 1.54) is 5.56 Å². The van der Waals surface area contributed by atoms with Crippen molar-refractivity contribution < 1.29 is 9.52 Å². The van der Waals surface area contributed by atoms with E-state index in [9.17, 15) is 5.11 Å². The van der Waals surface area contributed by atoms with Crippen molar-refractivity contribution in [3.05, 3.63) is 77.0 Å². The van der Waals surface area contributed by atoms with E-state index < -0.39 is 5.60 Å². The molecule has 1 atom stereocenters. The Morgan fingerprint density at radius 1 is 1.20 bits per heavy atom. The fourth-order valence-electron chi connectivity index (χ4n) is 3.46. The average molecular weight is 410 g/mol. The van der Waals surface area contributed by atoms with E-state index in [0.29, 0.717) is 25.6 Å². The van der Waals surface area contributed by atoms with Crippen molar-refractivity contribution in [1.29, 1.82) is 0 Å². The van der Waals surface area contributed by atoms with Crippen LogP contribution >= 0.6 is 0 Å². The molecule has 0 saturated heterocycles. The number of hydrogen-bond donors (Lipinski definition) is 3. The van der Waals surface area contributed by atoms with Gasteiger partial charge in [0.05, 0.1) is 19.6 Å². The summed E-state index contributed by atoms with van der Waals surface area (Å²) in [6.45, 7) is 9.82. The molecule has 0 fully saturated rings. The zero-order valence-electron chi connectivity index (χ0n) is 18.1. The van der Waals surface area contributed by atoms with E-state index in [1.54, 1.807) is 13.1 Å². The molecule has 0 aliphatic carbocycles. The van der Waals surface area contributed by atoms with Crippen LogP contribution in [0.1, 0.15) is 42.1 Å². The first-order chi connectivity index (χ1) is 14.4. The number of nitrogens with one attached hydrogen (secondary N) is 2. The third kappa shape index (κ3) is 5.51. The zero-order chi connectivity index (χ0) is 21.6. The van der Waals surface area contributed by atoms with Crippen LogP contribution in [0.3, 0.4) is 0 Å². The zero-order valence-corrected chi connectivity index (χ0v) is 18.1. The second-order valence-corrected chi connectivity index (χ2v) is 7.62. The molecule has 0 bridgehead atoms. The Morgan fingerprint density at radius 2 is 1.97 bits per heavy atom. The Hall–Kier alpha value is -3.06. The lowest BCUT2D eigenvalue weighted by molar-refractivity contribution is 0.0601. The minimum Gasteiger partial charge on any atom is -0.466 e. The van der Waals surface area contributed by atoms with Gasteiger partial charge in [-0.05, 0) is 51.0 Å². The summed E-state index contributed by atoms with van der Waals surface area (Å²) in [4.78, 5) is 4.73. The predicted octanol–water partition coefficient (Wildman–Crippen LogP) is 3.10. The molecule has 3 aromatic rings. The van der Waals surface area contributed by atoms with Gasteiger partial charge in [0.1, 0.15) is 17.1 Å². The van der Waals surface area contributed by atoms with Crippen molar-refractivity contribution in [3.8, 4) is 0 Å². The van der Waals surface area contributed by atoms with Crippen LogP contribution < -0.4 is 10.6 Å². The molecule has 0 saturated carbocycles. The molecule has 2 heterocycles. The van der Waals surface area contributed by atoms with Crippen LogP contribution in [0.2, 0.25) is 0 Å². The fraction of sp³-hybridized carbons (Fsp3) is 0.391. The van der Waals surface area contributed by atoms with Gasteiger partial charge < -0.3 is 20.2 Å². The minimum absolute atomic E-state index is 0.313. The highest BCUT2D eigenvalue weighted by Gasteiger charge is 2.27. The highest BCUT2D eigenvalue weighted by molar-refractivity contribution is 5.79. The third-order valence-corrected chi connectivity index (χ3v) is 4.98. The highest BCUT2D eigenvalue weighted by Crippen LogP contribution is 2.26. The van der Waals surface area contributed by atoms with Gasteiger partial charge in [-0.1, -0.05) is 24.3 Å². The maximum atomic E-state index is 11.0. The van der Waals surface area contributed by atoms with Gasteiger partial charge in [-0.2, -0.15) is 5.10 Å². The monoisotopic (exact) mass is 409 g/mol. The summed E-state index contributed by atoms with van der Waals surface area (Å²) in [6.07, 6.45) is 3.73. The Morgan fingerprint density at radius 3 is 2.60 bits per heavy atom. The molecule has 1 aromatic carbocycles. The summed E-state index contributed by atoms with van der Waals surface area (Å²) in [5.74, 6) is 2.18. The van der Waals surface area contributed by atoms with Crippen LogP contribution in [0.4, 0.5) is 0 Å². The number of nitrogens with zero attached hydrogens (tertiary/aromatic N) is 3. The van der Waals surface area contributed by atoms with Gasteiger partial charge in [-0.3, -0.25) is 4.68 Å². The number of aromatic nitrogens is 2. The van der Waals surface area contributed by atoms with Crippen molar-refractivity contribution in [2.75, 3.05) is 13.1 Å². The van der Waals surface area contributed by atoms with Gasteiger partial charge >= 0.3 is 0 Å². The summed E-state index contributed by atoms with van der Waals surface area (Å²) < 4.78 is 7.48. The van der Waals surface area contributed by atoms with Gasteiger partial charge in [0.2, 0.25) is 0 Å². The Labute approximate surface area is 177 Å². The van der Waals surface area contributed by atoms with E-state index in [2.05, 4.69) is 27.9 Å². The number of rotatable bonds is 8. The lowest BCUT2D eigenvalue weighted by Gasteiger charge is -2.24. The van der Waals surface area contributed by atoms with E-state index in [-0.39, 0.29) is 0 Å². The molecular weight excluding hydrogens is 378 g/mol. The van der Waals surface area contributed by atoms with Gasteiger partial charge in [-0.15, -0.1) is 0 Å². The van der Waals surface area contributed by atoms with Crippen molar-refractivity contribution in [3.63, 3.8) is 0 Å². The summed E-state index contributed by atoms with van der Waals surface area (Å²) in [5, 5.41) is 21.8. The van der Waals surface area contributed by atoms with Crippen molar-refractivity contribution in [1.82, 2.24) is 20.4 Å². The second kappa shape index (κ2) is 9.63. The number of aliphatic hydroxyl groups is 1. The lowest BCUT2D eigenvalue weighted by Crippen LogP contribution is -2.44. The lowest BCUT2D eigenvalue weighted by atomic mass is 9.96. The van der Waals surface area contributed by atoms with Crippen LogP contribution in [0.25, 0.3) is 0 Å². The third-order valence-electron chi connectivity index (χ3n) is 4.98. The Kier molecular flexibility index (Phi) is 6.95. The Balaban J connectivity index is 1.70. The van der Waals surface area contributed by atoms with Crippen molar-refractivity contribution in [2.45, 2.75) is 46.4 Å². The summed E-state index contributed by atoms with van der Waals surface area (Å²) in [7, 11) is 0. The van der Waals surface area contributed by atoms with Crippen LogP contribution in [-0.2, 0) is 18.7 Å². The number of furan rings is 1. The number of hydrogen-bond acceptors (Lipinski definition) is 4. The quantitative estimate of drug-likeness (QED) is 0.393. The van der Waals surface area contributed by atoms with Crippen LogP contribution in [0, 0.1) is 13.8 Å². The average Bonchev–Trinajstić information content (AvgIpc) is 3.34.